The highest BCUT2D eigenvalue weighted by atomic mass is 35.5. The van der Waals surface area contributed by atoms with Crippen LogP contribution in [-0.4, -0.2) is 59.4 Å². The number of hydrogen-bond acceptors (Lipinski definition) is 10. The molecule has 0 aliphatic carbocycles. The minimum Gasteiger partial charge on any atom is -0.495 e. The van der Waals surface area contributed by atoms with Crippen molar-refractivity contribution in [2.75, 3.05) is 42.4 Å². The summed E-state index contributed by atoms with van der Waals surface area (Å²) in [5.41, 5.74) is 3.25. The third-order valence-corrected chi connectivity index (χ3v) is 6.97. The third kappa shape index (κ3) is 5.26. The third-order valence-electron chi connectivity index (χ3n) is 6.68. The first-order valence-corrected chi connectivity index (χ1v) is 12.5. The number of ether oxygens (including phenoxy) is 2. The molecule has 2 N–H and O–H groups in total. The molecule has 3 aromatic rings. The van der Waals surface area contributed by atoms with Crippen LogP contribution in [0, 0.1) is 0 Å². The molecule has 1 aromatic carbocycles. The number of esters is 1. The van der Waals surface area contributed by atoms with Crippen molar-refractivity contribution in [3.8, 4) is 5.75 Å². The summed E-state index contributed by atoms with van der Waals surface area (Å²) < 4.78 is 10.4. The Morgan fingerprint density at radius 3 is 2.68 bits per heavy atom. The maximum atomic E-state index is 13.0. The maximum Gasteiger partial charge on any atom is 0.345 e. The summed E-state index contributed by atoms with van der Waals surface area (Å²) in [7, 11) is 2.91. The lowest BCUT2D eigenvalue weighted by Gasteiger charge is -2.32. The second-order valence-corrected chi connectivity index (χ2v) is 9.48. The largest absolute Gasteiger partial charge is 0.495 e. The summed E-state index contributed by atoms with van der Waals surface area (Å²) in [4.78, 5) is 31.2. The number of benzene rings is 1. The molecule has 5 rings (SSSR count). The number of rotatable bonds is 7. The topological polar surface area (TPSA) is 113 Å². The van der Waals surface area contributed by atoms with E-state index < -0.39 is 5.97 Å². The van der Waals surface area contributed by atoms with Gasteiger partial charge in [0.15, 0.2) is 5.82 Å². The number of pyridine rings is 1. The Morgan fingerprint density at radius 1 is 1.16 bits per heavy atom. The standard InChI is InChI=1S/C26H29ClN6O4/c1-36-21-6-5-16(12-19(21)27)13-29-23-22(25(35)37-2)24(32-10-7-18(34)8-11-32)31-26(30-23)33-14-17-4-3-9-28-20(17)15-33/h3-6,9,12,18,34H,7-8,10-11,13-15H2,1-2H3,(H,29,30,31). The van der Waals surface area contributed by atoms with Gasteiger partial charge in [-0.3, -0.25) is 4.98 Å². The van der Waals surface area contributed by atoms with E-state index in [0.717, 1.165) is 16.8 Å². The van der Waals surface area contributed by atoms with Gasteiger partial charge in [-0.25, -0.2) is 4.79 Å². The molecular weight excluding hydrogens is 496 g/mol. The van der Waals surface area contributed by atoms with E-state index in [0.29, 0.717) is 73.9 Å². The Kier molecular flexibility index (Phi) is 7.29. The number of carbonyl (C=O) groups is 1. The van der Waals surface area contributed by atoms with Crippen molar-refractivity contribution in [1.29, 1.82) is 0 Å². The summed E-state index contributed by atoms with van der Waals surface area (Å²) in [6.45, 7) is 2.68. The molecule has 1 saturated heterocycles. The fraction of sp³-hybridized carbons (Fsp3) is 0.385. The highest BCUT2D eigenvalue weighted by molar-refractivity contribution is 6.32. The van der Waals surface area contributed by atoms with Gasteiger partial charge in [0, 0.05) is 32.4 Å². The average molecular weight is 525 g/mol. The molecule has 2 aromatic heterocycles. The van der Waals surface area contributed by atoms with Crippen molar-refractivity contribution in [2.24, 2.45) is 0 Å². The average Bonchev–Trinajstić information content (AvgIpc) is 3.36. The van der Waals surface area contributed by atoms with Crippen LogP contribution in [0.3, 0.4) is 0 Å². The van der Waals surface area contributed by atoms with Gasteiger partial charge in [-0.15, -0.1) is 0 Å². The van der Waals surface area contributed by atoms with Gasteiger partial charge in [0.2, 0.25) is 5.95 Å². The molecule has 2 aliphatic heterocycles. The second kappa shape index (κ2) is 10.8. The van der Waals surface area contributed by atoms with Crippen LogP contribution >= 0.6 is 11.6 Å². The zero-order chi connectivity index (χ0) is 25.9. The van der Waals surface area contributed by atoms with Crippen LogP contribution in [0.2, 0.25) is 5.02 Å². The maximum absolute atomic E-state index is 13.0. The summed E-state index contributed by atoms with van der Waals surface area (Å²) in [6, 6.07) is 9.47. The van der Waals surface area contributed by atoms with E-state index in [1.807, 2.05) is 34.1 Å². The Hall–Kier alpha value is -3.63. The Labute approximate surface area is 220 Å². The number of aliphatic hydroxyl groups excluding tert-OH is 1. The van der Waals surface area contributed by atoms with Crippen LogP contribution in [0.4, 0.5) is 17.6 Å². The molecule has 0 atom stereocenters. The van der Waals surface area contributed by atoms with Crippen molar-refractivity contribution in [2.45, 2.75) is 38.6 Å². The SMILES string of the molecule is COC(=O)c1c(NCc2ccc(OC)c(Cl)c2)nc(N2Cc3cccnc3C2)nc1N1CCC(O)CC1. The van der Waals surface area contributed by atoms with Gasteiger partial charge in [0.05, 0.1) is 37.6 Å². The van der Waals surface area contributed by atoms with Crippen molar-refractivity contribution >= 4 is 35.2 Å². The Balaban J connectivity index is 1.53. The number of halogens is 1. The first kappa shape index (κ1) is 25.0. The van der Waals surface area contributed by atoms with Crippen LogP contribution < -0.4 is 19.9 Å². The summed E-state index contributed by atoms with van der Waals surface area (Å²) in [5.74, 6) is 1.40. The first-order chi connectivity index (χ1) is 18.0. The number of aromatic nitrogens is 3. The van der Waals surface area contributed by atoms with Gasteiger partial charge < -0.3 is 29.7 Å². The van der Waals surface area contributed by atoms with E-state index in [2.05, 4.69) is 10.3 Å². The predicted molar refractivity (Wildman–Crippen MR) is 140 cm³/mol. The molecule has 0 unspecified atom stereocenters. The molecule has 37 heavy (non-hydrogen) atoms. The fourth-order valence-corrected chi connectivity index (χ4v) is 4.93. The molecular formula is C26H29ClN6O4. The number of nitrogens with one attached hydrogen (secondary N) is 1. The van der Waals surface area contributed by atoms with E-state index in [4.69, 9.17) is 31.0 Å². The first-order valence-electron chi connectivity index (χ1n) is 12.1. The number of anilines is 3. The number of piperidine rings is 1. The molecule has 10 nitrogen and oxygen atoms in total. The Bertz CT molecular complexity index is 1270. The molecule has 2 aliphatic rings. The van der Waals surface area contributed by atoms with Crippen LogP contribution in [0.5, 0.6) is 5.75 Å². The van der Waals surface area contributed by atoms with Gasteiger partial charge in [0.25, 0.3) is 0 Å². The lowest BCUT2D eigenvalue weighted by atomic mass is 10.1. The minimum absolute atomic E-state index is 0.261. The van der Waals surface area contributed by atoms with Crippen molar-refractivity contribution in [3.05, 3.63) is 63.9 Å². The van der Waals surface area contributed by atoms with E-state index in [1.54, 1.807) is 19.4 Å². The smallest absolute Gasteiger partial charge is 0.345 e. The molecule has 0 radical (unpaired) electrons. The lowest BCUT2D eigenvalue weighted by Crippen LogP contribution is -2.38. The van der Waals surface area contributed by atoms with Crippen molar-refractivity contribution in [3.63, 3.8) is 0 Å². The molecule has 0 bridgehead atoms. The highest BCUT2D eigenvalue weighted by Gasteiger charge is 2.31. The van der Waals surface area contributed by atoms with E-state index in [-0.39, 0.29) is 11.7 Å². The zero-order valence-electron chi connectivity index (χ0n) is 20.8. The normalized spacial score (nSPS) is 15.5. The highest BCUT2D eigenvalue weighted by Crippen LogP contribution is 2.33. The zero-order valence-corrected chi connectivity index (χ0v) is 21.5. The van der Waals surface area contributed by atoms with Gasteiger partial charge in [0.1, 0.15) is 17.1 Å². The summed E-state index contributed by atoms with van der Waals surface area (Å²) >= 11 is 6.32. The van der Waals surface area contributed by atoms with Gasteiger partial charge in [-0.2, -0.15) is 9.97 Å². The quantitative estimate of drug-likeness (QED) is 0.446. The molecule has 0 amide bonds. The molecule has 0 spiro atoms. The number of hydrogen-bond donors (Lipinski definition) is 2. The Morgan fingerprint density at radius 2 is 1.97 bits per heavy atom. The van der Waals surface area contributed by atoms with Crippen LogP contribution in [0.15, 0.2) is 36.5 Å². The molecule has 4 heterocycles. The predicted octanol–water partition coefficient (Wildman–Crippen LogP) is 3.41. The molecule has 194 valence electrons. The van der Waals surface area contributed by atoms with Gasteiger partial charge in [-0.1, -0.05) is 23.7 Å². The van der Waals surface area contributed by atoms with E-state index in [9.17, 15) is 9.90 Å². The van der Waals surface area contributed by atoms with E-state index >= 15 is 0 Å². The number of aliphatic hydroxyl groups is 1. The number of carbonyl (C=O) groups excluding carboxylic acids is 1. The monoisotopic (exact) mass is 524 g/mol. The van der Waals surface area contributed by atoms with Crippen molar-refractivity contribution < 1.29 is 19.4 Å². The molecule has 1 fully saturated rings. The molecule has 0 saturated carbocycles. The lowest BCUT2D eigenvalue weighted by molar-refractivity contribution is 0.0601. The fourth-order valence-electron chi connectivity index (χ4n) is 4.65. The summed E-state index contributed by atoms with van der Waals surface area (Å²) in [6.07, 6.45) is 2.59. The van der Waals surface area contributed by atoms with Gasteiger partial charge in [-0.05, 0) is 42.2 Å². The number of methoxy groups -OCH3 is 2. The number of fused-ring (bicyclic) bond motifs is 1. The molecule has 11 heteroatoms. The van der Waals surface area contributed by atoms with Crippen molar-refractivity contribution in [1.82, 2.24) is 15.0 Å². The minimum atomic E-state index is -0.533. The summed E-state index contributed by atoms with van der Waals surface area (Å²) in [5, 5.41) is 13.9. The van der Waals surface area contributed by atoms with Crippen LogP contribution in [0.25, 0.3) is 0 Å². The van der Waals surface area contributed by atoms with Gasteiger partial charge >= 0.3 is 5.97 Å². The van der Waals surface area contributed by atoms with E-state index in [1.165, 1.54) is 7.11 Å². The number of nitrogens with zero attached hydrogens (tertiary/aromatic N) is 5. The van der Waals surface area contributed by atoms with Crippen LogP contribution in [-0.2, 0) is 24.4 Å². The van der Waals surface area contributed by atoms with Crippen LogP contribution in [0.1, 0.15) is 40.0 Å². The second-order valence-electron chi connectivity index (χ2n) is 9.07.